The second-order valence-corrected chi connectivity index (χ2v) is 21.1. The minimum atomic E-state index is 0.0215. The fourth-order valence-electron chi connectivity index (χ4n) is 14.0. The molecule has 0 aromatic heterocycles. The second kappa shape index (κ2) is 17.7. The molecule has 0 amide bonds. The van der Waals surface area contributed by atoms with E-state index in [0.29, 0.717) is 47.3 Å². The van der Waals surface area contributed by atoms with Gasteiger partial charge in [-0.15, -0.1) is 0 Å². The van der Waals surface area contributed by atoms with Crippen LogP contribution in [-0.2, 0) is 4.74 Å². The average molecular weight is 885 g/mol. The van der Waals surface area contributed by atoms with Crippen molar-refractivity contribution >= 4 is 11.5 Å². The highest BCUT2D eigenvalue weighted by atomic mass is 16.5. The fraction of sp³-hybridized carbons (Fsp3) is 0.393. The van der Waals surface area contributed by atoms with Gasteiger partial charge in [-0.2, -0.15) is 0 Å². The summed E-state index contributed by atoms with van der Waals surface area (Å²) in [5, 5.41) is 11.2. The van der Waals surface area contributed by atoms with E-state index in [2.05, 4.69) is 185 Å². The van der Waals surface area contributed by atoms with Gasteiger partial charge in [0.1, 0.15) is 17.7 Å². The number of nitrogens with zero attached hydrogens (tertiary/aromatic N) is 2. The lowest BCUT2D eigenvalue weighted by atomic mass is 9.65. The molecular formula is C61H66N5O+. The van der Waals surface area contributed by atoms with Gasteiger partial charge in [0.05, 0.1) is 11.8 Å². The molecule has 6 nitrogen and oxygen atoms in total. The zero-order valence-electron chi connectivity index (χ0n) is 38.8. The van der Waals surface area contributed by atoms with Crippen molar-refractivity contribution in [1.29, 1.82) is 0 Å². The van der Waals surface area contributed by atoms with Crippen LogP contribution < -0.4 is 20.9 Å². The summed E-state index contributed by atoms with van der Waals surface area (Å²) in [5.74, 6) is 6.11. The quantitative estimate of drug-likeness (QED) is 0.228. The van der Waals surface area contributed by atoms with Gasteiger partial charge in [-0.05, 0) is 124 Å². The van der Waals surface area contributed by atoms with Crippen molar-refractivity contribution in [3.8, 4) is 0 Å². The monoisotopic (exact) mass is 885 g/mol. The van der Waals surface area contributed by atoms with E-state index >= 15 is 0 Å². The number of nitrogens with one attached hydrogen (secondary N) is 2. The van der Waals surface area contributed by atoms with E-state index in [9.17, 15) is 0 Å². The Hall–Kier alpha value is -5.85. The van der Waals surface area contributed by atoms with Gasteiger partial charge >= 0.3 is 0 Å². The van der Waals surface area contributed by atoms with Crippen LogP contribution >= 0.6 is 0 Å². The number of aliphatic imine (C=N–C) groups is 1. The van der Waals surface area contributed by atoms with Gasteiger partial charge < -0.3 is 25.6 Å². The Bertz CT molecular complexity index is 2670. The Balaban J connectivity index is 0.898. The molecule has 1 aromatic carbocycles. The van der Waals surface area contributed by atoms with Crippen LogP contribution in [0.15, 0.2) is 214 Å². The number of fused-ring (bicyclic) bond motifs is 4. The number of allylic oxidation sites excluding steroid dienone is 21. The van der Waals surface area contributed by atoms with E-state index in [4.69, 9.17) is 9.73 Å². The molecule has 13 rings (SSSR count). The van der Waals surface area contributed by atoms with Crippen LogP contribution in [0.25, 0.3) is 0 Å². The molecule has 13 atom stereocenters. The largest absolute Gasteiger partial charge is 0.488 e. The standard InChI is InChI=1S/C61H65N5O/c1-6-19-39(20-7-1)43-33-34-45(40-21-8-2-9-22-40)49(35-43)53-36-52(61-64-59(41-23-10-3-11-24-41)63-60(65-61)42-25-12-4-13-26-42)57(62-53)48-31-18-30-47-51-37-55-50(38-56(51)67-58(47)48)46-29-16-17-32-54(46)66(55)44-27-14-5-15-28-44/h1-3,5-12,14-19,21,23,25,27-28,30,32-34,37,39-43,45-46,48-49,53,56,59-60,62-63H,4,13,20,22,24,26,29,31,35-36,38H2,(H,64,65)/p+1. The number of rotatable bonds is 8. The molecule has 340 valence electrons. The average Bonchev–Trinajstić information content (AvgIpc) is 4.11. The van der Waals surface area contributed by atoms with Gasteiger partial charge in [0, 0.05) is 63.8 Å². The number of anilines is 1. The van der Waals surface area contributed by atoms with Crippen LogP contribution in [0.3, 0.4) is 0 Å². The van der Waals surface area contributed by atoms with Gasteiger partial charge in [0.2, 0.25) is 0 Å². The summed E-state index contributed by atoms with van der Waals surface area (Å²) in [7, 11) is 0. The highest BCUT2D eigenvalue weighted by Gasteiger charge is 2.49. The Morgan fingerprint density at radius 3 is 2.27 bits per heavy atom. The first kappa shape index (κ1) is 41.3. The molecule has 0 bridgehead atoms. The number of benzene rings is 1. The molecule has 6 heteroatoms. The van der Waals surface area contributed by atoms with Gasteiger partial charge in [-0.3, -0.25) is 0 Å². The van der Waals surface area contributed by atoms with Gasteiger partial charge in [0.25, 0.3) is 0 Å². The van der Waals surface area contributed by atoms with Crippen molar-refractivity contribution in [2.24, 2.45) is 58.3 Å². The molecule has 4 heterocycles. The summed E-state index contributed by atoms with van der Waals surface area (Å²) < 4.78 is 7.45. The molecule has 0 radical (unpaired) electrons. The predicted molar refractivity (Wildman–Crippen MR) is 272 cm³/mol. The van der Waals surface area contributed by atoms with Crippen LogP contribution in [0.2, 0.25) is 0 Å². The van der Waals surface area contributed by atoms with E-state index < -0.39 is 0 Å². The maximum absolute atomic E-state index is 7.45. The molecule has 1 aromatic rings. The van der Waals surface area contributed by atoms with Crippen LogP contribution in [-0.4, -0.2) is 30.3 Å². The third-order valence-electron chi connectivity index (χ3n) is 17.4. The fourth-order valence-corrected chi connectivity index (χ4v) is 14.0. The maximum atomic E-state index is 7.45. The zero-order chi connectivity index (χ0) is 44.3. The molecule has 0 saturated carbocycles. The summed E-state index contributed by atoms with van der Waals surface area (Å²) in [6, 6.07) is 11.3. The van der Waals surface area contributed by atoms with E-state index in [-0.39, 0.29) is 30.4 Å². The smallest absolute Gasteiger partial charge is 0.190 e. The van der Waals surface area contributed by atoms with Crippen molar-refractivity contribution in [2.45, 2.75) is 95.1 Å². The summed E-state index contributed by atoms with van der Waals surface area (Å²) in [6.45, 7) is 0. The normalized spacial score (nSPS) is 37.7. The number of para-hydroxylation sites is 1. The van der Waals surface area contributed by atoms with Gasteiger partial charge in [0.15, 0.2) is 12.3 Å². The van der Waals surface area contributed by atoms with Gasteiger partial charge in [-0.25, -0.2) is 4.99 Å². The second-order valence-electron chi connectivity index (χ2n) is 21.1. The first-order valence-corrected chi connectivity index (χ1v) is 26.0. The number of ether oxygens (including phenoxy) is 1. The molecule has 67 heavy (non-hydrogen) atoms. The highest BCUT2D eigenvalue weighted by Crippen LogP contribution is 2.54. The number of amidine groups is 1. The number of nitrogens with two attached hydrogens (primary N) is 1. The molecule has 12 aliphatic rings. The third kappa shape index (κ3) is 7.55. The van der Waals surface area contributed by atoms with Crippen molar-refractivity contribution in [3.63, 3.8) is 0 Å². The predicted octanol–water partition coefficient (Wildman–Crippen LogP) is 11.2. The lowest BCUT2D eigenvalue weighted by Gasteiger charge is -2.41. The van der Waals surface area contributed by atoms with Crippen molar-refractivity contribution in [3.05, 3.63) is 209 Å². The topological polar surface area (TPSA) is 65.5 Å². The molecule has 0 fully saturated rings. The Morgan fingerprint density at radius 1 is 0.687 bits per heavy atom. The summed E-state index contributed by atoms with van der Waals surface area (Å²) in [4.78, 5) is 8.34. The number of hydrogen-bond acceptors (Lipinski definition) is 5. The Morgan fingerprint density at radius 2 is 1.48 bits per heavy atom. The summed E-state index contributed by atoms with van der Waals surface area (Å²) in [6.07, 6.45) is 64.7. The van der Waals surface area contributed by atoms with Crippen molar-refractivity contribution in [1.82, 2.24) is 10.6 Å². The molecule has 4 N–H and O–H groups in total. The van der Waals surface area contributed by atoms with Crippen molar-refractivity contribution < 1.29 is 10.1 Å². The molecule has 0 spiro atoms. The highest BCUT2D eigenvalue weighted by molar-refractivity contribution is 6.00. The molecule has 13 unspecified atom stereocenters. The molecule has 4 aliphatic heterocycles. The molecular weight excluding hydrogens is 819 g/mol. The van der Waals surface area contributed by atoms with Crippen LogP contribution in [0, 0.1) is 53.3 Å². The van der Waals surface area contributed by atoms with E-state index in [0.717, 1.165) is 56.5 Å². The Labute approximate surface area is 398 Å². The third-order valence-corrected chi connectivity index (χ3v) is 17.4. The van der Waals surface area contributed by atoms with E-state index in [1.54, 1.807) is 0 Å². The van der Waals surface area contributed by atoms with Gasteiger partial charge in [-0.1, -0.05) is 140 Å². The number of hydrogen-bond donors (Lipinski definition) is 3. The first-order valence-electron chi connectivity index (χ1n) is 26.0. The number of quaternary nitrogens is 1. The van der Waals surface area contributed by atoms with Crippen LogP contribution in [0.1, 0.15) is 70.6 Å². The lowest BCUT2D eigenvalue weighted by Crippen LogP contribution is -3.01. The van der Waals surface area contributed by atoms with E-state index in [1.165, 1.54) is 70.8 Å². The SMILES string of the molecule is C1=CCC2C(=C1)N(c1ccccc1)C1=C2CC2OC3=C(C=CCC3C3=C(C4=NC(C5C=CC=CC5)[NH2+]C(C5C=CCCC5)N4)CC(C4CC(C5C=CC=CC5)C=CC4C4C=CC=CC4)N3)C2=C1. The van der Waals surface area contributed by atoms with E-state index in [1.807, 2.05) is 0 Å². The van der Waals surface area contributed by atoms with Crippen molar-refractivity contribution in [2.75, 3.05) is 4.90 Å². The molecule has 8 aliphatic carbocycles. The minimum Gasteiger partial charge on any atom is -0.488 e. The van der Waals surface area contributed by atoms with Crippen LogP contribution in [0.4, 0.5) is 5.69 Å². The lowest BCUT2D eigenvalue weighted by molar-refractivity contribution is -0.735. The Kier molecular flexibility index (Phi) is 10.9. The first-order chi connectivity index (χ1) is 33.2. The molecule has 0 saturated heterocycles. The maximum Gasteiger partial charge on any atom is 0.190 e. The van der Waals surface area contributed by atoms with Crippen LogP contribution in [0.5, 0.6) is 0 Å². The summed E-state index contributed by atoms with van der Waals surface area (Å²) >= 11 is 0. The minimum absolute atomic E-state index is 0.0215. The zero-order valence-corrected chi connectivity index (χ0v) is 38.8. The summed E-state index contributed by atoms with van der Waals surface area (Å²) in [5.41, 5.74) is 10.9.